The first-order chi connectivity index (χ1) is 12.5. The molecule has 3 aliphatic carbocycles. The van der Waals surface area contributed by atoms with E-state index in [1.54, 1.807) is 6.92 Å². The maximum absolute atomic E-state index is 13.3. The number of benzene rings is 1. The minimum Gasteiger partial charge on any atom is -0.463 e. The van der Waals surface area contributed by atoms with E-state index in [4.69, 9.17) is 9.47 Å². The van der Waals surface area contributed by atoms with Crippen LogP contribution in [-0.2, 0) is 23.9 Å². The second-order valence-electron chi connectivity index (χ2n) is 7.33. The molecule has 2 fully saturated rings. The molecule has 2 saturated carbocycles. The number of allylic oxidation sites excluding steroid dienone is 1. The third-order valence-electron chi connectivity index (χ3n) is 5.97. The van der Waals surface area contributed by atoms with Gasteiger partial charge in [0.25, 0.3) is 0 Å². The Morgan fingerprint density at radius 1 is 1.12 bits per heavy atom. The van der Waals surface area contributed by atoms with E-state index in [0.717, 1.165) is 12.0 Å². The number of fused-ring (bicyclic) bond motifs is 5. The Hall–Kier alpha value is -2.43. The van der Waals surface area contributed by atoms with Crippen LogP contribution in [0, 0.1) is 23.7 Å². The molecule has 0 amide bonds. The normalized spacial score (nSPS) is 31.9. The van der Waals surface area contributed by atoms with Gasteiger partial charge < -0.3 is 9.47 Å². The molecule has 26 heavy (non-hydrogen) atoms. The minimum absolute atomic E-state index is 0.00592. The SMILES string of the molecule is CCOC(=O)C1=C(c2ccccc2)C(=O)[C@@H]2[C@@H]3C[C@@H](C[C@@H]3OC(C)=O)[C@H]12. The molecule has 5 nitrogen and oxygen atoms in total. The first-order valence-corrected chi connectivity index (χ1v) is 9.21. The number of esters is 2. The molecule has 2 bridgehead atoms. The van der Waals surface area contributed by atoms with Gasteiger partial charge in [-0.25, -0.2) is 4.79 Å². The Labute approximate surface area is 152 Å². The van der Waals surface area contributed by atoms with Gasteiger partial charge in [0.1, 0.15) is 6.10 Å². The average molecular weight is 354 g/mol. The summed E-state index contributed by atoms with van der Waals surface area (Å²) < 4.78 is 10.8. The summed E-state index contributed by atoms with van der Waals surface area (Å²) in [4.78, 5) is 37.5. The number of hydrogen-bond acceptors (Lipinski definition) is 5. The number of rotatable bonds is 4. The van der Waals surface area contributed by atoms with Crippen molar-refractivity contribution in [2.24, 2.45) is 23.7 Å². The lowest BCUT2D eigenvalue weighted by atomic mass is 9.77. The molecule has 1 aromatic rings. The minimum atomic E-state index is -0.385. The number of ketones is 1. The fraction of sp³-hybridized carbons (Fsp3) is 0.476. The van der Waals surface area contributed by atoms with Crippen LogP contribution in [0.4, 0.5) is 0 Å². The fourth-order valence-corrected chi connectivity index (χ4v) is 5.24. The van der Waals surface area contributed by atoms with Gasteiger partial charge in [-0.1, -0.05) is 30.3 Å². The molecule has 0 spiro atoms. The second-order valence-corrected chi connectivity index (χ2v) is 7.33. The summed E-state index contributed by atoms with van der Waals surface area (Å²) in [5, 5.41) is 0. The summed E-state index contributed by atoms with van der Waals surface area (Å²) in [7, 11) is 0. The Morgan fingerprint density at radius 3 is 2.50 bits per heavy atom. The van der Waals surface area contributed by atoms with Crippen LogP contribution in [0.25, 0.3) is 5.57 Å². The van der Waals surface area contributed by atoms with Crippen LogP contribution in [0.15, 0.2) is 35.9 Å². The van der Waals surface area contributed by atoms with Gasteiger partial charge in [-0.2, -0.15) is 0 Å². The molecule has 0 heterocycles. The van der Waals surface area contributed by atoms with E-state index in [0.29, 0.717) is 17.6 Å². The molecule has 136 valence electrons. The maximum Gasteiger partial charge on any atom is 0.335 e. The molecule has 5 atom stereocenters. The van der Waals surface area contributed by atoms with Gasteiger partial charge in [-0.3, -0.25) is 9.59 Å². The van der Waals surface area contributed by atoms with Crippen molar-refractivity contribution in [3.8, 4) is 0 Å². The molecule has 1 aromatic carbocycles. The summed E-state index contributed by atoms with van der Waals surface area (Å²) in [5.74, 6) is -0.934. The number of ether oxygens (including phenoxy) is 2. The van der Waals surface area contributed by atoms with E-state index < -0.39 is 0 Å². The van der Waals surface area contributed by atoms with E-state index in [1.165, 1.54) is 6.92 Å². The van der Waals surface area contributed by atoms with Crippen LogP contribution >= 0.6 is 0 Å². The van der Waals surface area contributed by atoms with E-state index in [9.17, 15) is 14.4 Å². The van der Waals surface area contributed by atoms with Gasteiger partial charge in [0.05, 0.1) is 12.2 Å². The zero-order chi connectivity index (χ0) is 18.4. The van der Waals surface area contributed by atoms with Crippen LogP contribution in [-0.4, -0.2) is 30.4 Å². The zero-order valence-corrected chi connectivity index (χ0v) is 14.9. The van der Waals surface area contributed by atoms with Crippen LogP contribution in [0.3, 0.4) is 0 Å². The highest BCUT2D eigenvalue weighted by atomic mass is 16.5. The van der Waals surface area contributed by atoms with E-state index >= 15 is 0 Å². The largest absolute Gasteiger partial charge is 0.463 e. The van der Waals surface area contributed by atoms with Crippen molar-refractivity contribution in [2.45, 2.75) is 32.8 Å². The monoisotopic (exact) mass is 354 g/mol. The smallest absolute Gasteiger partial charge is 0.335 e. The lowest BCUT2D eigenvalue weighted by molar-refractivity contribution is -0.152. The zero-order valence-electron chi connectivity index (χ0n) is 14.9. The molecule has 4 rings (SSSR count). The van der Waals surface area contributed by atoms with Gasteiger partial charge in [-0.15, -0.1) is 0 Å². The topological polar surface area (TPSA) is 69.7 Å². The highest BCUT2D eigenvalue weighted by Crippen LogP contribution is 2.61. The molecule has 3 aliphatic rings. The van der Waals surface area contributed by atoms with Crippen LogP contribution < -0.4 is 0 Å². The molecule has 0 radical (unpaired) electrons. The fourth-order valence-electron chi connectivity index (χ4n) is 5.24. The van der Waals surface area contributed by atoms with Gasteiger partial charge in [0.2, 0.25) is 0 Å². The second kappa shape index (κ2) is 6.38. The summed E-state index contributed by atoms with van der Waals surface area (Å²) in [6.45, 7) is 3.45. The Bertz CT molecular complexity index is 794. The average Bonchev–Trinajstić information content (AvgIpc) is 3.25. The molecule has 0 saturated heterocycles. The van der Waals surface area contributed by atoms with E-state index in [-0.39, 0.29) is 54.1 Å². The predicted octanol–water partition coefficient (Wildman–Crippen LogP) is 2.79. The molecule has 0 aromatic heterocycles. The van der Waals surface area contributed by atoms with Crippen molar-refractivity contribution < 1.29 is 23.9 Å². The van der Waals surface area contributed by atoms with Crippen LogP contribution in [0.2, 0.25) is 0 Å². The van der Waals surface area contributed by atoms with Crippen molar-refractivity contribution in [3.63, 3.8) is 0 Å². The predicted molar refractivity (Wildman–Crippen MR) is 93.8 cm³/mol. The molecule has 0 aliphatic heterocycles. The summed E-state index contributed by atoms with van der Waals surface area (Å²) >= 11 is 0. The Morgan fingerprint density at radius 2 is 1.85 bits per heavy atom. The van der Waals surface area contributed by atoms with Crippen molar-refractivity contribution in [1.82, 2.24) is 0 Å². The van der Waals surface area contributed by atoms with Crippen molar-refractivity contribution in [2.75, 3.05) is 6.61 Å². The third kappa shape index (κ3) is 2.49. The van der Waals surface area contributed by atoms with Crippen molar-refractivity contribution in [1.29, 1.82) is 0 Å². The molecule has 5 heteroatoms. The lowest BCUT2D eigenvalue weighted by Gasteiger charge is -2.31. The van der Waals surface area contributed by atoms with Crippen LogP contribution in [0.5, 0.6) is 0 Å². The van der Waals surface area contributed by atoms with Gasteiger partial charge in [0, 0.05) is 30.3 Å². The number of Topliss-reactive ketones (excluding diaryl/α,β-unsaturated/α-hetero) is 1. The summed E-state index contributed by atoms with van der Waals surface area (Å²) in [6.07, 6.45) is 1.31. The summed E-state index contributed by atoms with van der Waals surface area (Å²) in [6, 6.07) is 9.33. The van der Waals surface area contributed by atoms with Crippen LogP contribution in [0.1, 0.15) is 32.3 Å². The first kappa shape index (κ1) is 17.0. The number of carbonyl (C=O) groups excluding carboxylic acids is 3. The van der Waals surface area contributed by atoms with Gasteiger partial charge >= 0.3 is 11.9 Å². The highest BCUT2D eigenvalue weighted by Gasteiger charge is 2.62. The first-order valence-electron chi connectivity index (χ1n) is 9.21. The van der Waals surface area contributed by atoms with Gasteiger partial charge in [0.15, 0.2) is 5.78 Å². The van der Waals surface area contributed by atoms with Crippen molar-refractivity contribution in [3.05, 3.63) is 41.5 Å². The third-order valence-corrected chi connectivity index (χ3v) is 5.97. The summed E-state index contributed by atoms with van der Waals surface area (Å²) in [5.41, 5.74) is 1.79. The van der Waals surface area contributed by atoms with E-state index in [2.05, 4.69) is 0 Å². The molecular formula is C21H22O5. The highest BCUT2D eigenvalue weighted by molar-refractivity contribution is 6.30. The molecular weight excluding hydrogens is 332 g/mol. The standard InChI is InChI=1S/C21H22O5/c1-3-25-21(24)19-16-13-9-14(15(10-13)26-11(2)22)18(16)20(23)17(19)12-7-5-4-6-8-12/h4-8,13-16,18H,3,9-10H2,1-2H3/t13-,14+,15-,16-,18+/m0/s1. The molecule has 0 unspecified atom stereocenters. The molecule has 0 N–H and O–H groups in total. The van der Waals surface area contributed by atoms with Crippen molar-refractivity contribution >= 4 is 23.3 Å². The Kier molecular flexibility index (Phi) is 4.17. The quantitative estimate of drug-likeness (QED) is 0.778. The number of hydrogen-bond donors (Lipinski definition) is 0. The van der Waals surface area contributed by atoms with E-state index in [1.807, 2.05) is 30.3 Å². The van der Waals surface area contributed by atoms with Gasteiger partial charge in [-0.05, 0) is 31.2 Å². The number of carbonyl (C=O) groups is 3. The lowest BCUT2D eigenvalue weighted by Crippen LogP contribution is -2.36. The maximum atomic E-state index is 13.3. The Balaban J connectivity index is 1.76.